The first-order chi connectivity index (χ1) is 7.45. The lowest BCUT2D eigenvalue weighted by Crippen LogP contribution is -2.20. The molecule has 0 amide bonds. The molecule has 0 aromatic heterocycles. The molecule has 1 saturated carbocycles. The maximum atomic E-state index is 10.1. The highest BCUT2D eigenvalue weighted by atomic mass is 16.3. The van der Waals surface area contributed by atoms with Crippen LogP contribution in [0.4, 0.5) is 0 Å². The molecule has 0 aliphatic heterocycles. The molecule has 86 valence electrons. The first-order valence-electron chi connectivity index (χ1n) is 5.94. The molecule has 1 aromatic rings. The summed E-state index contributed by atoms with van der Waals surface area (Å²) in [4.78, 5) is 0. The standard InChI is InChI=1S/C15H20O/c1-10-5-6-13(14(16)9-10)15(4)8-7-11(2)12(15)3/h5-6,9,11,16H,3,7-8H2,1-2,4H3/t11-,15-/m1/s1. The Balaban J connectivity index is 2.48. The van der Waals surface area contributed by atoms with Gasteiger partial charge in [0, 0.05) is 11.0 Å². The molecule has 0 saturated heterocycles. The molecule has 1 aromatic carbocycles. The molecule has 0 unspecified atom stereocenters. The fraction of sp³-hybridized carbons (Fsp3) is 0.467. The molecule has 0 bridgehead atoms. The summed E-state index contributed by atoms with van der Waals surface area (Å²) in [5.74, 6) is 0.975. The van der Waals surface area contributed by atoms with Crippen LogP contribution in [-0.4, -0.2) is 5.11 Å². The van der Waals surface area contributed by atoms with Gasteiger partial charge in [-0.3, -0.25) is 0 Å². The van der Waals surface area contributed by atoms with Crippen molar-refractivity contribution in [2.45, 2.75) is 39.0 Å². The van der Waals surface area contributed by atoms with Gasteiger partial charge in [0.1, 0.15) is 5.75 Å². The quantitative estimate of drug-likeness (QED) is 0.705. The summed E-state index contributed by atoms with van der Waals surface area (Å²) in [5, 5.41) is 10.1. The first kappa shape index (κ1) is 11.3. The van der Waals surface area contributed by atoms with E-state index in [-0.39, 0.29) is 5.41 Å². The largest absolute Gasteiger partial charge is 0.508 e. The number of benzene rings is 1. The van der Waals surface area contributed by atoms with E-state index in [0.717, 1.165) is 17.5 Å². The van der Waals surface area contributed by atoms with Crippen LogP contribution >= 0.6 is 0 Å². The van der Waals surface area contributed by atoms with Gasteiger partial charge in [0.15, 0.2) is 0 Å². The van der Waals surface area contributed by atoms with Gasteiger partial charge in [-0.15, -0.1) is 0 Å². The van der Waals surface area contributed by atoms with E-state index >= 15 is 0 Å². The molecule has 0 heterocycles. The fourth-order valence-electron chi connectivity index (χ4n) is 2.80. The highest BCUT2D eigenvalue weighted by molar-refractivity contribution is 5.47. The van der Waals surface area contributed by atoms with E-state index in [1.54, 1.807) is 0 Å². The molecular weight excluding hydrogens is 196 g/mol. The molecule has 1 N–H and O–H groups in total. The Morgan fingerprint density at radius 3 is 2.62 bits per heavy atom. The minimum atomic E-state index is -0.0444. The molecular formula is C15H20O. The van der Waals surface area contributed by atoms with Crippen molar-refractivity contribution in [3.63, 3.8) is 0 Å². The van der Waals surface area contributed by atoms with Crippen LogP contribution in [0.15, 0.2) is 30.4 Å². The van der Waals surface area contributed by atoms with Gasteiger partial charge in [-0.1, -0.05) is 38.1 Å². The van der Waals surface area contributed by atoms with E-state index < -0.39 is 0 Å². The summed E-state index contributed by atoms with van der Waals surface area (Å²) in [6.07, 6.45) is 2.26. The number of hydrogen-bond donors (Lipinski definition) is 1. The maximum Gasteiger partial charge on any atom is 0.119 e. The van der Waals surface area contributed by atoms with Gasteiger partial charge in [0.25, 0.3) is 0 Å². The van der Waals surface area contributed by atoms with Crippen molar-refractivity contribution in [2.75, 3.05) is 0 Å². The van der Waals surface area contributed by atoms with Gasteiger partial charge in [0.2, 0.25) is 0 Å². The van der Waals surface area contributed by atoms with Gasteiger partial charge in [-0.25, -0.2) is 0 Å². The van der Waals surface area contributed by atoms with Crippen LogP contribution in [-0.2, 0) is 5.41 Å². The minimum Gasteiger partial charge on any atom is -0.508 e. The third-order valence-corrected chi connectivity index (χ3v) is 4.13. The van der Waals surface area contributed by atoms with Crippen LogP contribution in [0.5, 0.6) is 5.75 Å². The van der Waals surface area contributed by atoms with E-state index in [0.29, 0.717) is 11.7 Å². The normalized spacial score (nSPS) is 29.7. The Hall–Kier alpha value is -1.24. The number of allylic oxidation sites excluding steroid dienone is 1. The zero-order valence-corrected chi connectivity index (χ0v) is 10.4. The van der Waals surface area contributed by atoms with E-state index in [9.17, 15) is 5.11 Å². The van der Waals surface area contributed by atoms with Crippen molar-refractivity contribution < 1.29 is 5.11 Å². The topological polar surface area (TPSA) is 20.2 Å². The molecule has 0 radical (unpaired) electrons. The van der Waals surface area contributed by atoms with Crippen molar-refractivity contribution in [3.05, 3.63) is 41.5 Å². The molecule has 1 aliphatic rings. The summed E-state index contributed by atoms with van der Waals surface area (Å²) in [6, 6.07) is 5.96. The van der Waals surface area contributed by atoms with Crippen molar-refractivity contribution >= 4 is 0 Å². The van der Waals surface area contributed by atoms with Crippen LogP contribution in [0.1, 0.15) is 37.8 Å². The first-order valence-corrected chi connectivity index (χ1v) is 5.94. The zero-order valence-electron chi connectivity index (χ0n) is 10.4. The molecule has 1 heteroatoms. The SMILES string of the molecule is C=C1[C@H](C)CC[C@@]1(C)c1ccc(C)cc1O. The fourth-order valence-corrected chi connectivity index (χ4v) is 2.80. The van der Waals surface area contributed by atoms with E-state index in [1.165, 1.54) is 12.0 Å². The van der Waals surface area contributed by atoms with E-state index in [4.69, 9.17) is 0 Å². The minimum absolute atomic E-state index is 0.0444. The van der Waals surface area contributed by atoms with Crippen LogP contribution in [0.3, 0.4) is 0 Å². The van der Waals surface area contributed by atoms with E-state index in [2.05, 4.69) is 26.5 Å². The Kier molecular flexibility index (Phi) is 2.57. The lowest BCUT2D eigenvalue weighted by molar-refractivity contribution is 0.445. The third kappa shape index (κ3) is 1.55. The average molecular weight is 216 g/mol. The Labute approximate surface area is 97.8 Å². The third-order valence-electron chi connectivity index (χ3n) is 4.13. The number of aromatic hydroxyl groups is 1. The summed E-state index contributed by atoms with van der Waals surface area (Å²) in [7, 11) is 0. The van der Waals surface area contributed by atoms with Gasteiger partial charge < -0.3 is 5.11 Å². The van der Waals surface area contributed by atoms with Gasteiger partial charge in [-0.05, 0) is 37.3 Å². The molecule has 2 rings (SSSR count). The Morgan fingerprint density at radius 1 is 1.44 bits per heavy atom. The second-order valence-corrected chi connectivity index (χ2v) is 5.32. The summed E-state index contributed by atoms with van der Waals surface area (Å²) >= 11 is 0. The van der Waals surface area contributed by atoms with Crippen molar-refractivity contribution in [1.29, 1.82) is 0 Å². The monoisotopic (exact) mass is 216 g/mol. The molecule has 16 heavy (non-hydrogen) atoms. The van der Waals surface area contributed by atoms with Crippen LogP contribution in [0, 0.1) is 12.8 Å². The predicted molar refractivity (Wildman–Crippen MR) is 67.7 cm³/mol. The number of rotatable bonds is 1. The van der Waals surface area contributed by atoms with E-state index in [1.807, 2.05) is 19.1 Å². The molecule has 1 aliphatic carbocycles. The summed E-state index contributed by atoms with van der Waals surface area (Å²) < 4.78 is 0. The van der Waals surface area contributed by atoms with Crippen molar-refractivity contribution in [3.8, 4) is 5.75 Å². The molecule has 1 nitrogen and oxygen atoms in total. The highest BCUT2D eigenvalue weighted by Crippen LogP contribution is 2.49. The highest BCUT2D eigenvalue weighted by Gasteiger charge is 2.39. The van der Waals surface area contributed by atoms with Crippen LogP contribution in [0.25, 0.3) is 0 Å². The second kappa shape index (κ2) is 3.65. The van der Waals surface area contributed by atoms with Gasteiger partial charge in [-0.2, -0.15) is 0 Å². The lowest BCUT2D eigenvalue weighted by Gasteiger charge is -2.28. The van der Waals surface area contributed by atoms with Crippen LogP contribution in [0.2, 0.25) is 0 Å². The molecule has 0 spiro atoms. The Morgan fingerprint density at radius 2 is 2.12 bits per heavy atom. The predicted octanol–water partition coefficient (Wildman–Crippen LogP) is 3.94. The maximum absolute atomic E-state index is 10.1. The van der Waals surface area contributed by atoms with Crippen molar-refractivity contribution in [1.82, 2.24) is 0 Å². The molecule has 2 atom stereocenters. The van der Waals surface area contributed by atoms with Crippen molar-refractivity contribution in [2.24, 2.45) is 5.92 Å². The lowest BCUT2D eigenvalue weighted by atomic mass is 9.76. The van der Waals surface area contributed by atoms with Crippen LogP contribution < -0.4 is 0 Å². The second-order valence-electron chi connectivity index (χ2n) is 5.32. The number of hydrogen-bond acceptors (Lipinski definition) is 1. The molecule has 1 fully saturated rings. The Bertz CT molecular complexity index is 433. The summed E-state index contributed by atoms with van der Waals surface area (Å²) in [6.45, 7) is 10.6. The zero-order chi connectivity index (χ0) is 11.9. The average Bonchev–Trinajstić information content (AvgIpc) is 2.47. The number of phenols is 1. The summed E-state index contributed by atoms with van der Waals surface area (Å²) in [5.41, 5.74) is 3.35. The smallest absolute Gasteiger partial charge is 0.119 e. The number of aryl methyl sites for hydroxylation is 1. The van der Waals surface area contributed by atoms with Gasteiger partial charge >= 0.3 is 0 Å². The number of phenolic OH excluding ortho intramolecular Hbond substituents is 1. The van der Waals surface area contributed by atoms with Gasteiger partial charge in [0.05, 0.1) is 0 Å².